The lowest BCUT2D eigenvalue weighted by Crippen LogP contribution is -2.41. The molecule has 0 aromatic heterocycles. The van der Waals surface area contributed by atoms with E-state index in [1.54, 1.807) is 0 Å². The molecule has 2 fully saturated rings. The summed E-state index contributed by atoms with van der Waals surface area (Å²) in [6.45, 7) is 4.78. The van der Waals surface area contributed by atoms with Crippen LogP contribution in [0.2, 0.25) is 0 Å². The van der Waals surface area contributed by atoms with Gasteiger partial charge >= 0.3 is 0 Å². The molecule has 0 heterocycles. The van der Waals surface area contributed by atoms with Gasteiger partial charge in [0.15, 0.2) is 0 Å². The Morgan fingerprint density at radius 1 is 1.33 bits per heavy atom. The van der Waals surface area contributed by atoms with Gasteiger partial charge in [-0.25, -0.2) is 0 Å². The molecule has 5 atom stereocenters. The van der Waals surface area contributed by atoms with Gasteiger partial charge < -0.3 is 10.2 Å². The molecule has 2 heteroatoms. The van der Waals surface area contributed by atoms with Crippen LogP contribution in [0, 0.1) is 23.2 Å². The largest absolute Gasteiger partial charge is 0.396 e. The number of fused-ring (bicyclic) bond motifs is 1. The molecule has 0 radical (unpaired) electrons. The summed E-state index contributed by atoms with van der Waals surface area (Å²) in [7, 11) is 0. The third-order valence-electron chi connectivity index (χ3n) is 5.14. The van der Waals surface area contributed by atoms with Crippen LogP contribution in [-0.2, 0) is 0 Å². The second-order valence-electron chi connectivity index (χ2n) is 5.92. The molecule has 2 aliphatic rings. The second-order valence-corrected chi connectivity index (χ2v) is 5.92. The number of rotatable bonds is 2. The first-order chi connectivity index (χ1) is 7.09. The van der Waals surface area contributed by atoms with E-state index in [2.05, 4.69) is 13.8 Å². The topological polar surface area (TPSA) is 40.5 Å². The van der Waals surface area contributed by atoms with Gasteiger partial charge in [0.25, 0.3) is 0 Å². The smallest absolute Gasteiger partial charge is 0.0573 e. The Balaban J connectivity index is 2.17. The third-order valence-corrected chi connectivity index (χ3v) is 5.14. The Kier molecular flexibility index (Phi) is 3.09. The zero-order valence-corrected chi connectivity index (χ0v) is 9.95. The highest BCUT2D eigenvalue weighted by Gasteiger charge is 2.51. The summed E-state index contributed by atoms with van der Waals surface area (Å²) in [6.07, 6.45) is 5.65. The zero-order valence-electron chi connectivity index (χ0n) is 9.95. The predicted octanol–water partition coefficient (Wildman–Crippen LogP) is 2.19. The normalized spacial score (nSPS) is 47.6. The van der Waals surface area contributed by atoms with E-state index in [1.165, 1.54) is 12.8 Å². The zero-order chi connectivity index (χ0) is 11.1. The van der Waals surface area contributed by atoms with Gasteiger partial charge in [-0.05, 0) is 48.9 Å². The van der Waals surface area contributed by atoms with Crippen molar-refractivity contribution in [3.05, 3.63) is 0 Å². The molecule has 0 aromatic carbocycles. The molecule has 2 rings (SSSR count). The van der Waals surface area contributed by atoms with Gasteiger partial charge in [0, 0.05) is 6.61 Å². The van der Waals surface area contributed by atoms with Crippen LogP contribution in [0.4, 0.5) is 0 Å². The highest BCUT2D eigenvalue weighted by atomic mass is 16.3. The summed E-state index contributed by atoms with van der Waals surface area (Å²) in [5, 5.41) is 19.4. The molecular weight excluding hydrogens is 188 g/mol. The predicted molar refractivity (Wildman–Crippen MR) is 60.4 cm³/mol. The molecule has 2 unspecified atom stereocenters. The van der Waals surface area contributed by atoms with E-state index in [0.29, 0.717) is 29.8 Å². The minimum Gasteiger partial charge on any atom is -0.396 e. The number of hydrogen-bond acceptors (Lipinski definition) is 2. The van der Waals surface area contributed by atoms with Crippen molar-refractivity contribution in [2.24, 2.45) is 23.2 Å². The summed E-state index contributed by atoms with van der Waals surface area (Å²) in [5.74, 6) is 1.50. The maximum Gasteiger partial charge on any atom is 0.0573 e. The van der Waals surface area contributed by atoms with E-state index in [9.17, 15) is 10.2 Å². The molecular formula is C13H24O2. The van der Waals surface area contributed by atoms with Crippen LogP contribution in [0.15, 0.2) is 0 Å². The average molecular weight is 212 g/mol. The minimum absolute atomic E-state index is 0.0837. The fraction of sp³-hybridized carbons (Fsp3) is 1.00. The van der Waals surface area contributed by atoms with Crippen LogP contribution >= 0.6 is 0 Å². The standard InChI is InChI=1S/C13H24O2/c1-9(8-14)10-5-6-11-12(15)4-3-7-13(10,11)2/h9-12,14-15H,3-8H2,1-2H3/t9?,10?,11-,12+,13-/m1/s1. The Labute approximate surface area is 92.7 Å². The van der Waals surface area contributed by atoms with E-state index < -0.39 is 0 Å². The molecule has 0 aliphatic heterocycles. The Morgan fingerprint density at radius 2 is 2.07 bits per heavy atom. The third kappa shape index (κ3) is 1.72. The van der Waals surface area contributed by atoms with Gasteiger partial charge in [-0.3, -0.25) is 0 Å². The molecule has 15 heavy (non-hydrogen) atoms. The maximum atomic E-state index is 10.1. The van der Waals surface area contributed by atoms with Crippen LogP contribution in [-0.4, -0.2) is 22.9 Å². The van der Waals surface area contributed by atoms with Gasteiger partial charge in [0.2, 0.25) is 0 Å². The van der Waals surface area contributed by atoms with Gasteiger partial charge in [0.1, 0.15) is 0 Å². The molecule has 0 bridgehead atoms. The van der Waals surface area contributed by atoms with Crippen LogP contribution in [0.1, 0.15) is 46.0 Å². The van der Waals surface area contributed by atoms with Crippen molar-refractivity contribution < 1.29 is 10.2 Å². The van der Waals surface area contributed by atoms with E-state index in [0.717, 1.165) is 19.3 Å². The molecule has 2 aliphatic carbocycles. The molecule has 2 saturated carbocycles. The number of aliphatic hydroxyl groups is 2. The monoisotopic (exact) mass is 212 g/mol. The molecule has 2 nitrogen and oxygen atoms in total. The van der Waals surface area contributed by atoms with E-state index >= 15 is 0 Å². The van der Waals surface area contributed by atoms with E-state index in [4.69, 9.17) is 0 Å². The summed E-state index contributed by atoms with van der Waals surface area (Å²) >= 11 is 0. The van der Waals surface area contributed by atoms with Crippen LogP contribution in [0.5, 0.6) is 0 Å². The van der Waals surface area contributed by atoms with Crippen LogP contribution < -0.4 is 0 Å². The highest BCUT2D eigenvalue weighted by molar-refractivity contribution is 5.01. The van der Waals surface area contributed by atoms with Crippen molar-refractivity contribution >= 4 is 0 Å². The molecule has 88 valence electrons. The summed E-state index contributed by atoms with van der Waals surface area (Å²) < 4.78 is 0. The summed E-state index contributed by atoms with van der Waals surface area (Å²) in [6, 6.07) is 0. The lowest BCUT2D eigenvalue weighted by Gasteiger charge is -2.45. The van der Waals surface area contributed by atoms with Crippen molar-refractivity contribution in [3.8, 4) is 0 Å². The first-order valence-electron chi connectivity index (χ1n) is 6.38. The van der Waals surface area contributed by atoms with Crippen LogP contribution in [0.3, 0.4) is 0 Å². The number of hydrogen-bond donors (Lipinski definition) is 2. The molecule has 0 amide bonds. The summed E-state index contributed by atoms with van der Waals surface area (Å²) in [5.41, 5.74) is 0.291. The highest BCUT2D eigenvalue weighted by Crippen LogP contribution is 2.57. The summed E-state index contributed by atoms with van der Waals surface area (Å²) in [4.78, 5) is 0. The van der Waals surface area contributed by atoms with Gasteiger partial charge in [-0.2, -0.15) is 0 Å². The molecule has 0 spiro atoms. The second kappa shape index (κ2) is 4.06. The van der Waals surface area contributed by atoms with Gasteiger partial charge in [0.05, 0.1) is 6.10 Å². The minimum atomic E-state index is -0.0837. The lowest BCUT2D eigenvalue weighted by molar-refractivity contribution is -0.0321. The fourth-order valence-electron chi connectivity index (χ4n) is 4.25. The Morgan fingerprint density at radius 3 is 2.73 bits per heavy atom. The Hall–Kier alpha value is -0.0800. The van der Waals surface area contributed by atoms with Gasteiger partial charge in [-0.15, -0.1) is 0 Å². The Bertz CT molecular complexity index is 229. The quantitative estimate of drug-likeness (QED) is 0.736. The molecule has 0 saturated heterocycles. The SMILES string of the molecule is CC(CO)C1CC[C@@H]2[C@@H](O)CCC[C@]12C. The van der Waals surface area contributed by atoms with Crippen molar-refractivity contribution in [2.45, 2.75) is 52.1 Å². The van der Waals surface area contributed by atoms with E-state index in [1.807, 2.05) is 0 Å². The van der Waals surface area contributed by atoms with Crippen molar-refractivity contribution in [1.82, 2.24) is 0 Å². The van der Waals surface area contributed by atoms with E-state index in [-0.39, 0.29) is 6.10 Å². The van der Waals surface area contributed by atoms with Gasteiger partial charge in [-0.1, -0.05) is 20.3 Å². The maximum absolute atomic E-state index is 10.1. The molecule has 2 N–H and O–H groups in total. The van der Waals surface area contributed by atoms with Crippen molar-refractivity contribution in [3.63, 3.8) is 0 Å². The fourth-order valence-corrected chi connectivity index (χ4v) is 4.25. The molecule has 0 aromatic rings. The average Bonchev–Trinajstić information content (AvgIpc) is 2.56. The van der Waals surface area contributed by atoms with Crippen LogP contribution in [0.25, 0.3) is 0 Å². The lowest BCUT2D eigenvalue weighted by atomic mass is 9.62. The first kappa shape index (κ1) is 11.4. The van der Waals surface area contributed by atoms with Crippen molar-refractivity contribution in [2.75, 3.05) is 6.61 Å². The van der Waals surface area contributed by atoms with Crippen molar-refractivity contribution in [1.29, 1.82) is 0 Å². The first-order valence-corrected chi connectivity index (χ1v) is 6.38. The number of aliphatic hydroxyl groups excluding tert-OH is 2.